The smallest absolute Gasteiger partial charge is 0.416 e. The number of phenolic OH excluding ortho intramolecular Hbond substituents is 1. The second-order valence-corrected chi connectivity index (χ2v) is 7.81. The molecule has 3 N–H and O–H groups in total. The summed E-state index contributed by atoms with van der Waals surface area (Å²) in [7, 11) is 0. The molecule has 0 saturated heterocycles. The quantitative estimate of drug-likeness (QED) is 0.506. The van der Waals surface area contributed by atoms with E-state index in [1.807, 2.05) is 0 Å². The molecule has 0 fully saturated rings. The Bertz CT molecular complexity index is 1270. The minimum absolute atomic E-state index is 0.0392. The van der Waals surface area contributed by atoms with Gasteiger partial charge >= 0.3 is 12.1 Å². The van der Waals surface area contributed by atoms with Crippen LogP contribution in [0.2, 0.25) is 5.02 Å². The van der Waals surface area contributed by atoms with Crippen molar-refractivity contribution < 1.29 is 37.8 Å². The molecule has 0 spiro atoms. The number of hydrogen-bond acceptors (Lipinski definition) is 4. The summed E-state index contributed by atoms with van der Waals surface area (Å²) < 4.78 is 39.8. The number of hydrogen-bond donors (Lipinski definition) is 3. The molecule has 0 bridgehead atoms. The van der Waals surface area contributed by atoms with Crippen molar-refractivity contribution >= 4 is 40.3 Å². The number of carbonyl (C=O) groups is 3. The number of nitrogens with zero attached hydrogens (tertiary/aromatic N) is 1. The van der Waals surface area contributed by atoms with Gasteiger partial charge in [0.2, 0.25) is 5.91 Å². The summed E-state index contributed by atoms with van der Waals surface area (Å²) in [6.45, 7) is 2.81. The van der Waals surface area contributed by atoms with Gasteiger partial charge in [-0.2, -0.15) is 13.2 Å². The van der Waals surface area contributed by atoms with E-state index in [0.717, 1.165) is 24.3 Å². The molecule has 0 saturated carbocycles. The second kappa shape index (κ2) is 8.78. The van der Waals surface area contributed by atoms with Crippen molar-refractivity contribution in [2.45, 2.75) is 32.5 Å². The number of benzene rings is 2. The molecule has 0 aliphatic carbocycles. The molecule has 2 aromatic carbocycles. The van der Waals surface area contributed by atoms with Gasteiger partial charge in [0.1, 0.15) is 11.8 Å². The summed E-state index contributed by atoms with van der Waals surface area (Å²) in [5.74, 6) is -2.84. The van der Waals surface area contributed by atoms with Crippen molar-refractivity contribution in [1.82, 2.24) is 9.88 Å². The first kappa shape index (κ1) is 24.1. The molecule has 1 unspecified atom stereocenters. The Kier molecular flexibility index (Phi) is 6.42. The summed E-state index contributed by atoms with van der Waals surface area (Å²) in [5.41, 5.74) is -0.106. The summed E-state index contributed by atoms with van der Waals surface area (Å²) in [6, 6.07) is 5.08. The number of phenols is 1. The first-order chi connectivity index (χ1) is 15.3. The molecule has 1 aromatic heterocycles. The van der Waals surface area contributed by atoms with Crippen LogP contribution in [-0.2, 0) is 22.2 Å². The van der Waals surface area contributed by atoms with Gasteiger partial charge in [-0.15, -0.1) is 0 Å². The van der Waals surface area contributed by atoms with Crippen LogP contribution in [0.5, 0.6) is 5.75 Å². The normalized spacial score (nSPS) is 12.5. The van der Waals surface area contributed by atoms with Gasteiger partial charge < -0.3 is 15.5 Å². The first-order valence-electron chi connectivity index (χ1n) is 9.57. The Balaban J connectivity index is 2.09. The number of aromatic nitrogens is 1. The number of alkyl halides is 3. The maximum absolute atomic E-state index is 13.2. The molecule has 1 heterocycles. The Hall–Kier alpha value is -3.53. The maximum Gasteiger partial charge on any atom is 0.416 e. The zero-order chi connectivity index (χ0) is 24.7. The topological polar surface area (TPSA) is 109 Å². The lowest BCUT2D eigenvalue weighted by Crippen LogP contribution is -2.39. The number of fused-ring (bicyclic) bond motifs is 1. The summed E-state index contributed by atoms with van der Waals surface area (Å²) in [5, 5.41) is 21.6. The predicted molar refractivity (Wildman–Crippen MR) is 113 cm³/mol. The van der Waals surface area contributed by atoms with Crippen LogP contribution in [0.1, 0.15) is 34.1 Å². The zero-order valence-corrected chi connectivity index (χ0v) is 18.1. The third-order valence-electron chi connectivity index (χ3n) is 5.15. The number of rotatable bonds is 5. The largest absolute Gasteiger partial charge is 0.506 e. The molecule has 1 atom stereocenters. The van der Waals surface area contributed by atoms with Crippen LogP contribution in [0.25, 0.3) is 10.9 Å². The van der Waals surface area contributed by atoms with E-state index in [0.29, 0.717) is 10.9 Å². The highest BCUT2D eigenvalue weighted by molar-refractivity contribution is 6.33. The van der Waals surface area contributed by atoms with Crippen molar-refractivity contribution in [3.63, 3.8) is 0 Å². The Morgan fingerprint density at radius 1 is 1.15 bits per heavy atom. The van der Waals surface area contributed by atoms with Crippen molar-refractivity contribution in [3.05, 3.63) is 63.8 Å². The summed E-state index contributed by atoms with van der Waals surface area (Å²) >= 11 is 6.01. The van der Waals surface area contributed by atoms with Gasteiger partial charge in [0.15, 0.2) is 0 Å². The van der Waals surface area contributed by atoms with Crippen LogP contribution in [0.3, 0.4) is 0 Å². The number of carboxylic acids is 1. The fourth-order valence-corrected chi connectivity index (χ4v) is 3.58. The molecule has 11 heteroatoms. The maximum atomic E-state index is 13.2. The highest BCUT2D eigenvalue weighted by Gasteiger charge is 2.30. The van der Waals surface area contributed by atoms with Gasteiger partial charge in [0.25, 0.3) is 5.91 Å². The van der Waals surface area contributed by atoms with E-state index >= 15 is 0 Å². The lowest BCUT2D eigenvalue weighted by atomic mass is 10.1. The summed E-state index contributed by atoms with van der Waals surface area (Å²) in [6.07, 6.45) is -4.87. The van der Waals surface area contributed by atoms with Gasteiger partial charge in [0.05, 0.1) is 22.5 Å². The van der Waals surface area contributed by atoms with E-state index in [4.69, 9.17) is 16.7 Å². The van der Waals surface area contributed by atoms with Crippen LogP contribution in [0, 0.1) is 6.92 Å². The van der Waals surface area contributed by atoms with Gasteiger partial charge in [-0.05, 0) is 55.8 Å². The molecule has 3 rings (SSSR count). The minimum atomic E-state index is -4.56. The van der Waals surface area contributed by atoms with Crippen LogP contribution < -0.4 is 5.32 Å². The van der Waals surface area contributed by atoms with Gasteiger partial charge in [-0.3, -0.25) is 19.0 Å². The fraction of sp³-hybridized carbons (Fsp3) is 0.227. The molecule has 0 aliphatic heterocycles. The molecular weight excluding hydrogens is 465 g/mol. The molecule has 0 aliphatic rings. The van der Waals surface area contributed by atoms with E-state index in [-0.39, 0.29) is 34.0 Å². The third kappa shape index (κ3) is 4.80. The molecule has 7 nitrogen and oxygen atoms in total. The number of aromatic hydroxyl groups is 1. The third-order valence-corrected chi connectivity index (χ3v) is 5.45. The summed E-state index contributed by atoms with van der Waals surface area (Å²) in [4.78, 5) is 36.6. The average molecular weight is 483 g/mol. The second-order valence-electron chi connectivity index (χ2n) is 7.40. The van der Waals surface area contributed by atoms with Crippen LogP contribution in [0.15, 0.2) is 36.4 Å². The van der Waals surface area contributed by atoms with Crippen molar-refractivity contribution in [3.8, 4) is 5.75 Å². The molecule has 0 radical (unpaired) electrons. The average Bonchev–Trinajstić information content (AvgIpc) is 2.98. The molecule has 174 valence electrons. The number of amides is 1. The monoisotopic (exact) mass is 482 g/mol. The van der Waals surface area contributed by atoms with Crippen molar-refractivity contribution in [2.75, 3.05) is 0 Å². The standard InChI is InChI=1S/C22H18ClF3N2O5/c1-10(21(32)33)27-19(30)8-14-11(2)28(17-9-16(23)18(29)7-15(14)17)20(31)12-3-5-13(6-4-12)22(24,25)26/h3-7,9-10,29H,8H2,1-2H3,(H,27,30)(H,32,33). The van der Waals surface area contributed by atoms with Crippen LogP contribution >= 0.6 is 11.6 Å². The van der Waals surface area contributed by atoms with Crippen LogP contribution in [-0.4, -0.2) is 38.6 Å². The van der Waals surface area contributed by atoms with E-state index in [1.165, 1.54) is 30.5 Å². The number of aliphatic carboxylic acids is 1. The molecule has 3 aromatic rings. The molecular formula is C22H18ClF3N2O5. The highest BCUT2D eigenvalue weighted by atomic mass is 35.5. The SMILES string of the molecule is Cc1c(CC(=O)NC(C)C(=O)O)c2cc(O)c(Cl)cc2n1C(=O)c1ccc(C(F)(F)F)cc1. The van der Waals surface area contributed by atoms with Crippen LogP contribution in [0.4, 0.5) is 13.2 Å². The number of carboxylic acid groups (broad SMARTS) is 1. The van der Waals surface area contributed by atoms with E-state index in [2.05, 4.69) is 5.32 Å². The van der Waals surface area contributed by atoms with E-state index in [9.17, 15) is 32.7 Å². The number of halogens is 4. The van der Waals surface area contributed by atoms with Gasteiger partial charge in [-0.1, -0.05) is 11.6 Å². The van der Waals surface area contributed by atoms with Crippen molar-refractivity contribution in [2.24, 2.45) is 0 Å². The lowest BCUT2D eigenvalue weighted by Gasteiger charge is -2.11. The number of carbonyl (C=O) groups excluding carboxylic acids is 2. The first-order valence-corrected chi connectivity index (χ1v) is 9.95. The number of nitrogens with one attached hydrogen (secondary N) is 1. The van der Waals surface area contributed by atoms with E-state index < -0.39 is 35.6 Å². The Labute approximate surface area is 190 Å². The Morgan fingerprint density at radius 3 is 2.30 bits per heavy atom. The van der Waals surface area contributed by atoms with Gasteiger partial charge in [0, 0.05) is 16.6 Å². The lowest BCUT2D eigenvalue weighted by molar-refractivity contribution is -0.141. The van der Waals surface area contributed by atoms with Crippen molar-refractivity contribution in [1.29, 1.82) is 0 Å². The molecule has 33 heavy (non-hydrogen) atoms. The fourth-order valence-electron chi connectivity index (χ4n) is 3.42. The highest BCUT2D eigenvalue weighted by Crippen LogP contribution is 2.35. The van der Waals surface area contributed by atoms with Gasteiger partial charge in [-0.25, -0.2) is 0 Å². The Morgan fingerprint density at radius 2 is 1.76 bits per heavy atom. The minimum Gasteiger partial charge on any atom is -0.506 e. The van der Waals surface area contributed by atoms with E-state index in [1.54, 1.807) is 0 Å². The molecule has 1 amide bonds. The predicted octanol–water partition coefficient (Wildman–Crippen LogP) is 4.15. The zero-order valence-electron chi connectivity index (χ0n) is 17.3.